The molecule has 3 rings (SSSR count). The van der Waals surface area contributed by atoms with E-state index in [1.807, 2.05) is 6.20 Å². The molecule has 2 aliphatic rings. The maximum Gasteiger partial charge on any atom is 0.150 e. The molecule has 0 aliphatic carbocycles. The van der Waals surface area contributed by atoms with Crippen molar-refractivity contribution in [1.29, 1.82) is 0 Å². The zero-order valence-corrected chi connectivity index (χ0v) is 11.6. The summed E-state index contributed by atoms with van der Waals surface area (Å²) in [5.74, 6) is 2.79. The first kappa shape index (κ1) is 12.2. The lowest BCUT2D eigenvalue weighted by Crippen LogP contribution is -2.21. The molecule has 0 radical (unpaired) electrons. The highest BCUT2D eigenvalue weighted by Gasteiger charge is 2.29. The minimum atomic E-state index is -2.77. The molecular weight excluding hydrogens is 248 g/mol. The number of nitrogens with zero attached hydrogens (tertiary/aromatic N) is 2. The molecule has 18 heavy (non-hydrogen) atoms. The Balaban J connectivity index is 1.76. The van der Waals surface area contributed by atoms with E-state index in [9.17, 15) is 8.42 Å². The van der Waals surface area contributed by atoms with Gasteiger partial charge in [-0.2, -0.15) is 0 Å². The van der Waals surface area contributed by atoms with Gasteiger partial charge in [-0.05, 0) is 31.1 Å². The molecule has 2 unspecified atom stereocenters. The van der Waals surface area contributed by atoms with Crippen molar-refractivity contribution in [3.05, 3.63) is 17.7 Å². The van der Waals surface area contributed by atoms with Gasteiger partial charge >= 0.3 is 0 Å². The molecular formula is C13H20N2O2S. The minimum Gasteiger partial charge on any atom is -0.332 e. The average Bonchev–Trinajstić information content (AvgIpc) is 2.84. The van der Waals surface area contributed by atoms with Gasteiger partial charge in [-0.25, -0.2) is 13.4 Å². The van der Waals surface area contributed by atoms with Gasteiger partial charge in [0.2, 0.25) is 0 Å². The van der Waals surface area contributed by atoms with Crippen molar-refractivity contribution < 1.29 is 8.42 Å². The minimum absolute atomic E-state index is 0.277. The Morgan fingerprint density at radius 3 is 3.00 bits per heavy atom. The smallest absolute Gasteiger partial charge is 0.150 e. The summed E-state index contributed by atoms with van der Waals surface area (Å²) in [6, 6.07) is 0. The van der Waals surface area contributed by atoms with Crippen LogP contribution in [0.5, 0.6) is 0 Å². The zero-order chi connectivity index (χ0) is 12.8. The molecule has 0 saturated carbocycles. The fraction of sp³-hybridized carbons (Fsp3) is 0.769. The van der Waals surface area contributed by atoms with Gasteiger partial charge in [0.05, 0.1) is 11.5 Å². The molecule has 0 aromatic carbocycles. The Morgan fingerprint density at radius 1 is 1.44 bits per heavy atom. The van der Waals surface area contributed by atoms with Crippen LogP contribution in [-0.2, 0) is 29.2 Å². The Bertz CT molecular complexity index is 547. The van der Waals surface area contributed by atoms with E-state index in [0.717, 1.165) is 31.6 Å². The van der Waals surface area contributed by atoms with Crippen LogP contribution in [0.25, 0.3) is 0 Å². The highest BCUT2D eigenvalue weighted by Crippen LogP contribution is 2.26. The molecule has 1 aromatic heterocycles. The molecule has 1 fully saturated rings. The molecule has 5 heteroatoms. The predicted octanol–water partition coefficient (Wildman–Crippen LogP) is 1.44. The van der Waals surface area contributed by atoms with E-state index in [4.69, 9.17) is 0 Å². The van der Waals surface area contributed by atoms with Crippen molar-refractivity contribution in [3.8, 4) is 0 Å². The number of sulfone groups is 1. The molecule has 4 nitrogen and oxygen atoms in total. The summed E-state index contributed by atoms with van der Waals surface area (Å²) in [7, 11) is -2.77. The van der Waals surface area contributed by atoms with Crippen LogP contribution in [0.2, 0.25) is 0 Å². The Kier molecular flexibility index (Phi) is 2.96. The lowest BCUT2D eigenvalue weighted by molar-refractivity contribution is 0.384. The number of rotatable bonds is 2. The first-order valence-electron chi connectivity index (χ1n) is 6.77. The molecule has 3 heterocycles. The number of hydrogen-bond acceptors (Lipinski definition) is 3. The maximum atomic E-state index is 11.5. The first-order chi connectivity index (χ1) is 8.53. The van der Waals surface area contributed by atoms with E-state index in [1.54, 1.807) is 0 Å². The molecule has 0 N–H and O–H groups in total. The van der Waals surface area contributed by atoms with Gasteiger partial charge in [0.25, 0.3) is 0 Å². The van der Waals surface area contributed by atoms with E-state index in [2.05, 4.69) is 16.5 Å². The van der Waals surface area contributed by atoms with E-state index in [1.165, 1.54) is 12.1 Å². The van der Waals surface area contributed by atoms with Gasteiger partial charge in [0, 0.05) is 24.9 Å². The van der Waals surface area contributed by atoms with Gasteiger partial charge in [-0.1, -0.05) is 6.92 Å². The van der Waals surface area contributed by atoms with Crippen LogP contribution in [0.1, 0.15) is 31.3 Å². The monoisotopic (exact) mass is 268 g/mol. The van der Waals surface area contributed by atoms with Gasteiger partial charge in [-0.15, -0.1) is 0 Å². The van der Waals surface area contributed by atoms with Gasteiger partial charge < -0.3 is 4.57 Å². The topological polar surface area (TPSA) is 52.0 Å². The normalized spacial score (nSPS) is 30.3. The lowest BCUT2D eigenvalue weighted by atomic mass is 9.99. The number of hydrogen-bond donors (Lipinski definition) is 0. The molecule has 1 saturated heterocycles. The molecule has 2 atom stereocenters. The van der Waals surface area contributed by atoms with Crippen LogP contribution in [0, 0.1) is 11.8 Å². The molecule has 0 spiro atoms. The molecule has 0 bridgehead atoms. The first-order valence-corrected chi connectivity index (χ1v) is 8.59. The summed E-state index contributed by atoms with van der Waals surface area (Å²) in [5.41, 5.74) is 1.32. The summed E-state index contributed by atoms with van der Waals surface area (Å²) >= 11 is 0. The van der Waals surface area contributed by atoms with Crippen LogP contribution < -0.4 is 0 Å². The highest BCUT2D eigenvalue weighted by molar-refractivity contribution is 7.91. The van der Waals surface area contributed by atoms with Crippen LogP contribution in [0.15, 0.2) is 6.20 Å². The summed E-state index contributed by atoms with van der Waals surface area (Å²) < 4.78 is 25.3. The second kappa shape index (κ2) is 4.37. The quantitative estimate of drug-likeness (QED) is 0.815. The lowest BCUT2D eigenvalue weighted by Gasteiger charge is -2.23. The zero-order valence-electron chi connectivity index (χ0n) is 10.8. The summed E-state index contributed by atoms with van der Waals surface area (Å²) in [6.45, 7) is 3.32. The van der Waals surface area contributed by atoms with Crippen LogP contribution >= 0.6 is 0 Å². The second-order valence-electron chi connectivity index (χ2n) is 5.89. The molecule has 100 valence electrons. The third kappa shape index (κ3) is 2.32. The number of aromatic nitrogens is 2. The van der Waals surface area contributed by atoms with E-state index >= 15 is 0 Å². The fourth-order valence-corrected chi connectivity index (χ4v) is 4.99. The summed E-state index contributed by atoms with van der Waals surface area (Å²) in [5, 5.41) is 0. The second-order valence-corrected chi connectivity index (χ2v) is 8.12. The van der Waals surface area contributed by atoms with Crippen LogP contribution in [0.4, 0.5) is 0 Å². The third-order valence-corrected chi connectivity index (χ3v) is 6.04. The standard InChI is InChI=1S/C13H20N2O2S/c1-10-2-3-12-7-14-13(15(12)8-10)6-11-4-5-18(16,17)9-11/h7,10-11H,2-6,8-9H2,1H3. The Hall–Kier alpha value is -0.840. The average molecular weight is 268 g/mol. The van der Waals surface area contributed by atoms with Crippen molar-refractivity contribution in [2.24, 2.45) is 11.8 Å². The Morgan fingerprint density at radius 2 is 2.28 bits per heavy atom. The van der Waals surface area contributed by atoms with E-state index in [-0.39, 0.29) is 5.92 Å². The van der Waals surface area contributed by atoms with E-state index < -0.39 is 9.84 Å². The van der Waals surface area contributed by atoms with Crippen molar-refractivity contribution in [2.75, 3.05) is 11.5 Å². The van der Waals surface area contributed by atoms with Gasteiger partial charge in [0.1, 0.15) is 5.82 Å². The van der Waals surface area contributed by atoms with Gasteiger partial charge in [-0.3, -0.25) is 0 Å². The third-order valence-electron chi connectivity index (χ3n) is 4.21. The maximum absolute atomic E-state index is 11.5. The fourth-order valence-electron chi connectivity index (χ4n) is 3.13. The van der Waals surface area contributed by atoms with Crippen LogP contribution in [-0.4, -0.2) is 29.5 Å². The SMILES string of the molecule is CC1CCc2cnc(CC3CCS(=O)(=O)C3)n2C1. The largest absolute Gasteiger partial charge is 0.332 e. The number of aryl methyl sites for hydroxylation is 1. The summed E-state index contributed by atoms with van der Waals surface area (Å²) in [4.78, 5) is 4.51. The van der Waals surface area contributed by atoms with Crippen molar-refractivity contribution >= 4 is 9.84 Å². The van der Waals surface area contributed by atoms with Crippen LogP contribution in [0.3, 0.4) is 0 Å². The highest BCUT2D eigenvalue weighted by atomic mass is 32.2. The Labute approximate surface area is 108 Å². The van der Waals surface area contributed by atoms with Crippen molar-refractivity contribution in [1.82, 2.24) is 9.55 Å². The molecule has 1 aromatic rings. The predicted molar refractivity (Wildman–Crippen MR) is 70.2 cm³/mol. The van der Waals surface area contributed by atoms with Gasteiger partial charge in [0.15, 0.2) is 9.84 Å². The molecule has 0 amide bonds. The summed E-state index contributed by atoms with van der Waals surface area (Å²) in [6.07, 6.45) is 5.96. The van der Waals surface area contributed by atoms with Crippen molar-refractivity contribution in [2.45, 2.75) is 39.2 Å². The van der Waals surface area contributed by atoms with E-state index in [0.29, 0.717) is 17.4 Å². The van der Waals surface area contributed by atoms with Crippen molar-refractivity contribution in [3.63, 3.8) is 0 Å². The molecule has 2 aliphatic heterocycles. The number of imidazole rings is 1. The number of fused-ring (bicyclic) bond motifs is 1.